The molecule has 2 N–H and O–H groups in total. The lowest BCUT2D eigenvalue weighted by Crippen LogP contribution is -2.41. The lowest BCUT2D eigenvalue weighted by molar-refractivity contribution is 0.934. The maximum absolute atomic E-state index is 7.49. The van der Waals surface area contributed by atoms with Gasteiger partial charge >= 0.3 is 0 Å². The normalized spacial score (nSPS) is 18.8. The molecule has 5 heteroatoms. The second-order valence-electron chi connectivity index (χ2n) is 16.0. The minimum absolute atomic E-state index is 0.106. The Morgan fingerprint density at radius 3 is 2.18 bits per heavy atom. The first-order valence-electron chi connectivity index (χ1n) is 20.0. The molecule has 1 saturated carbocycles. The van der Waals surface area contributed by atoms with Crippen molar-refractivity contribution < 1.29 is 0 Å². The van der Waals surface area contributed by atoms with E-state index in [1.807, 2.05) is 0 Å². The smallest absolute Gasteiger partial charge is 0.206 e. The van der Waals surface area contributed by atoms with E-state index < -0.39 is 0 Å². The summed E-state index contributed by atoms with van der Waals surface area (Å²) in [5.74, 6) is 1.71. The highest BCUT2D eigenvalue weighted by Crippen LogP contribution is 2.71. The number of rotatable bonds is 4. The lowest BCUT2D eigenvalue weighted by atomic mass is 9.91. The summed E-state index contributed by atoms with van der Waals surface area (Å²) < 4.78 is 3.79. The monoisotopic (exact) mass is 748 g/mol. The van der Waals surface area contributed by atoms with Gasteiger partial charge in [-0.05, 0) is 56.8 Å². The fourth-order valence-electron chi connectivity index (χ4n) is 10.8. The third-order valence-corrected chi connectivity index (χ3v) is 14.3. The minimum Gasteiger partial charge on any atom is -0.369 e. The van der Waals surface area contributed by atoms with E-state index in [9.17, 15) is 0 Å². The van der Waals surface area contributed by atoms with Crippen molar-refractivity contribution in [1.29, 1.82) is 0 Å². The van der Waals surface area contributed by atoms with Gasteiger partial charge in [0.2, 0.25) is 5.96 Å². The standard InChI is InChI=1S/C52H36N4S/c1-29(30-23-25-32(26-24-30)31-13-3-2-4-14-31)42-37-19-9-12-22-41(37)57-51(42)54-52(53)56-40-21-11-7-17-35(40)43-46-44-38-28-27-33-15-5-6-16-34(33)48(38)55-39-20-10-8-18-36(39)45(49(44)55)50(56)47(43)46/h2-29,43,46-47H,1H3,(H2,53,54)/t29?,43?,46?,47-/m0/s1. The second kappa shape index (κ2) is 11.4. The van der Waals surface area contributed by atoms with Gasteiger partial charge in [0, 0.05) is 61.0 Å². The topological polar surface area (TPSA) is 46.0 Å². The lowest BCUT2D eigenvalue weighted by Gasteiger charge is -2.33. The highest BCUT2D eigenvalue weighted by Gasteiger charge is 2.62. The number of thiophene rings is 1. The molecule has 4 heterocycles. The van der Waals surface area contributed by atoms with Gasteiger partial charge in [0.1, 0.15) is 5.00 Å². The third kappa shape index (κ3) is 4.19. The van der Waals surface area contributed by atoms with Crippen molar-refractivity contribution in [3.63, 3.8) is 0 Å². The molecule has 0 amide bonds. The van der Waals surface area contributed by atoms with Crippen LogP contribution in [0.25, 0.3) is 65.0 Å². The molecule has 2 aliphatic carbocycles. The average molecular weight is 749 g/mol. The van der Waals surface area contributed by atoms with E-state index in [2.05, 4.69) is 180 Å². The van der Waals surface area contributed by atoms with Gasteiger partial charge in [-0.15, -0.1) is 11.3 Å². The fourth-order valence-corrected chi connectivity index (χ4v) is 12.0. The summed E-state index contributed by atoms with van der Waals surface area (Å²) in [6.45, 7) is 2.31. The number of anilines is 1. The number of benzene rings is 7. The molecule has 0 bridgehead atoms. The summed E-state index contributed by atoms with van der Waals surface area (Å²) in [5.41, 5.74) is 21.6. The summed E-state index contributed by atoms with van der Waals surface area (Å²) in [4.78, 5) is 7.85. The molecule has 7 aromatic carbocycles. The quantitative estimate of drug-likeness (QED) is 0.144. The molecule has 270 valence electrons. The van der Waals surface area contributed by atoms with E-state index in [1.165, 1.54) is 92.5 Å². The van der Waals surface area contributed by atoms with Gasteiger partial charge in [0.25, 0.3) is 0 Å². The van der Waals surface area contributed by atoms with Gasteiger partial charge in [0.05, 0.1) is 22.2 Å². The molecule has 1 aliphatic heterocycles. The number of aromatic nitrogens is 1. The van der Waals surface area contributed by atoms with Crippen LogP contribution in [0.15, 0.2) is 169 Å². The van der Waals surface area contributed by atoms with Crippen molar-refractivity contribution in [2.24, 2.45) is 16.6 Å². The Kier molecular flexibility index (Phi) is 6.32. The van der Waals surface area contributed by atoms with E-state index >= 15 is 0 Å². The van der Waals surface area contributed by atoms with Crippen LogP contribution >= 0.6 is 11.3 Å². The molecule has 0 radical (unpaired) electrons. The Labute approximate surface area is 333 Å². The molecule has 4 atom stereocenters. The van der Waals surface area contributed by atoms with Gasteiger partial charge in [-0.1, -0.05) is 153 Å². The van der Waals surface area contributed by atoms with Crippen LogP contribution in [0.2, 0.25) is 0 Å². The molecular weight excluding hydrogens is 713 g/mol. The van der Waals surface area contributed by atoms with Gasteiger partial charge in [-0.2, -0.15) is 0 Å². The molecular formula is C52H36N4S. The van der Waals surface area contributed by atoms with Crippen LogP contribution in [0.4, 0.5) is 10.7 Å². The van der Waals surface area contributed by atoms with Crippen LogP contribution in [0.3, 0.4) is 0 Å². The Bertz CT molecular complexity index is 3410. The van der Waals surface area contributed by atoms with Crippen LogP contribution in [0.1, 0.15) is 46.9 Å². The molecule has 57 heavy (non-hydrogen) atoms. The van der Waals surface area contributed by atoms with Gasteiger partial charge in [0.15, 0.2) is 0 Å². The predicted octanol–water partition coefficient (Wildman–Crippen LogP) is 12.2. The van der Waals surface area contributed by atoms with Gasteiger partial charge in [-0.25, -0.2) is 4.99 Å². The SMILES string of the molecule is CC(c1ccc(-c2ccccc2)cc1)c1c(/N=C(\N)N2C3=c4c5ccccc5n5c4c(c4ccc6ccccc6c45)C4C(c5ccccc52)[C@H]34)sc2ccccc12. The average Bonchev–Trinajstić information content (AvgIpc) is 3.56. The molecule has 3 aromatic heterocycles. The fraction of sp³-hybridized carbons (Fsp3) is 0.0962. The van der Waals surface area contributed by atoms with Crippen LogP contribution in [-0.4, -0.2) is 10.4 Å². The van der Waals surface area contributed by atoms with Crippen molar-refractivity contribution in [3.8, 4) is 11.1 Å². The molecule has 3 unspecified atom stereocenters. The summed E-state index contributed by atoms with van der Waals surface area (Å²) in [6.07, 6.45) is 0. The van der Waals surface area contributed by atoms with Crippen molar-refractivity contribution in [1.82, 2.24) is 4.40 Å². The predicted molar refractivity (Wildman–Crippen MR) is 239 cm³/mol. The maximum atomic E-state index is 7.49. The minimum atomic E-state index is 0.106. The van der Waals surface area contributed by atoms with E-state index in [0.717, 1.165) is 10.7 Å². The van der Waals surface area contributed by atoms with E-state index in [4.69, 9.17) is 10.7 Å². The zero-order chi connectivity index (χ0) is 37.5. The molecule has 1 fully saturated rings. The van der Waals surface area contributed by atoms with E-state index in [1.54, 1.807) is 11.3 Å². The van der Waals surface area contributed by atoms with Crippen molar-refractivity contribution in [3.05, 3.63) is 191 Å². The van der Waals surface area contributed by atoms with Crippen LogP contribution in [0.5, 0.6) is 0 Å². The first-order chi connectivity index (χ1) is 28.2. The van der Waals surface area contributed by atoms with Crippen molar-refractivity contribution in [2.75, 3.05) is 4.90 Å². The van der Waals surface area contributed by atoms with E-state index in [0.29, 0.717) is 23.7 Å². The second-order valence-corrected chi connectivity index (χ2v) is 17.1. The van der Waals surface area contributed by atoms with Gasteiger partial charge in [-0.3, -0.25) is 4.90 Å². The largest absolute Gasteiger partial charge is 0.369 e. The third-order valence-electron chi connectivity index (χ3n) is 13.3. The summed E-state index contributed by atoms with van der Waals surface area (Å²) >= 11 is 1.74. The number of para-hydroxylation sites is 2. The molecule has 0 spiro atoms. The first-order valence-corrected chi connectivity index (χ1v) is 20.8. The highest BCUT2D eigenvalue weighted by molar-refractivity contribution is 7.22. The first kappa shape index (κ1) is 31.5. The zero-order valence-electron chi connectivity index (χ0n) is 31.2. The molecule has 13 rings (SSSR count). The van der Waals surface area contributed by atoms with Gasteiger partial charge < -0.3 is 10.1 Å². The van der Waals surface area contributed by atoms with Crippen LogP contribution < -0.4 is 15.9 Å². The van der Waals surface area contributed by atoms with Crippen molar-refractivity contribution in [2.45, 2.75) is 24.7 Å². The van der Waals surface area contributed by atoms with Crippen LogP contribution in [0, 0.1) is 5.92 Å². The molecule has 4 nitrogen and oxygen atoms in total. The highest BCUT2D eigenvalue weighted by atomic mass is 32.1. The summed E-state index contributed by atoms with van der Waals surface area (Å²) in [6, 6.07) is 59.8. The zero-order valence-corrected chi connectivity index (χ0v) is 32.0. The Morgan fingerprint density at radius 2 is 1.32 bits per heavy atom. The van der Waals surface area contributed by atoms with E-state index in [-0.39, 0.29) is 5.92 Å². The Balaban J connectivity index is 1.05. The summed E-state index contributed by atoms with van der Waals surface area (Å²) in [7, 11) is 0. The number of hydrogen-bond donors (Lipinski definition) is 1. The number of nitrogens with two attached hydrogens (primary N) is 1. The number of aliphatic imine (C=N–C) groups is 1. The van der Waals surface area contributed by atoms with Crippen LogP contribution in [-0.2, 0) is 0 Å². The Hall–Kier alpha value is -6.69. The number of guanidine groups is 1. The molecule has 0 saturated heterocycles. The Morgan fingerprint density at radius 1 is 0.614 bits per heavy atom. The molecule has 10 aromatic rings. The molecule has 3 aliphatic rings. The number of nitrogens with zero attached hydrogens (tertiary/aromatic N) is 3. The number of fused-ring (bicyclic) bond motifs is 13. The number of hydrogen-bond acceptors (Lipinski definition) is 2. The van der Waals surface area contributed by atoms with Crippen molar-refractivity contribution >= 4 is 81.9 Å². The maximum Gasteiger partial charge on any atom is 0.206 e. The summed E-state index contributed by atoms with van der Waals surface area (Å²) in [5, 5.41) is 8.73.